The van der Waals surface area contributed by atoms with Crippen molar-refractivity contribution in [1.29, 1.82) is 0 Å². The van der Waals surface area contributed by atoms with Gasteiger partial charge in [0.1, 0.15) is 10.7 Å². The zero-order valence-electron chi connectivity index (χ0n) is 11.6. The number of aromatic nitrogens is 1. The maximum atomic E-state index is 12.5. The molecule has 106 valence electrons. The van der Waals surface area contributed by atoms with E-state index in [1.165, 1.54) is 11.3 Å². The van der Waals surface area contributed by atoms with Crippen LogP contribution in [0, 0.1) is 0 Å². The summed E-state index contributed by atoms with van der Waals surface area (Å²) in [6, 6.07) is 0.255. The lowest BCUT2D eigenvalue weighted by Gasteiger charge is -2.35. The van der Waals surface area contributed by atoms with E-state index in [4.69, 9.17) is 5.73 Å². The van der Waals surface area contributed by atoms with Crippen molar-refractivity contribution in [2.75, 3.05) is 45.3 Å². The number of piperidine rings is 1. The van der Waals surface area contributed by atoms with Crippen molar-refractivity contribution in [3.8, 4) is 0 Å². The van der Waals surface area contributed by atoms with Gasteiger partial charge in [-0.2, -0.15) is 0 Å². The molecule has 1 amide bonds. The number of nitrogens with zero attached hydrogens (tertiary/aromatic N) is 3. The number of hydrogen-bond donors (Lipinski definition) is 2. The Balaban J connectivity index is 2.11. The van der Waals surface area contributed by atoms with E-state index in [0.717, 1.165) is 25.9 Å². The molecular weight excluding hydrogens is 262 g/mol. The molecule has 1 aromatic heterocycles. The fourth-order valence-corrected chi connectivity index (χ4v) is 3.19. The quantitative estimate of drug-likeness (QED) is 0.863. The number of rotatable bonds is 3. The van der Waals surface area contributed by atoms with Crippen molar-refractivity contribution < 1.29 is 4.79 Å². The highest BCUT2D eigenvalue weighted by Gasteiger charge is 2.27. The number of nitrogens with one attached hydrogen (secondary N) is 1. The number of nitrogens with two attached hydrogens (primary N) is 1. The summed E-state index contributed by atoms with van der Waals surface area (Å²) in [5.74, 6) is 0.284. The molecule has 6 nitrogen and oxygen atoms in total. The maximum absolute atomic E-state index is 12.5. The second-order valence-electron chi connectivity index (χ2n) is 4.96. The predicted molar refractivity (Wildman–Crippen MR) is 78.7 cm³/mol. The van der Waals surface area contributed by atoms with Crippen molar-refractivity contribution in [3.63, 3.8) is 0 Å². The molecule has 1 aliphatic rings. The highest BCUT2D eigenvalue weighted by atomic mass is 32.1. The molecule has 0 spiro atoms. The Morgan fingerprint density at radius 2 is 2.37 bits per heavy atom. The van der Waals surface area contributed by atoms with Gasteiger partial charge in [0.15, 0.2) is 5.13 Å². The van der Waals surface area contributed by atoms with Crippen LogP contribution in [0.5, 0.6) is 0 Å². The van der Waals surface area contributed by atoms with Crippen molar-refractivity contribution in [3.05, 3.63) is 4.88 Å². The number of carbonyl (C=O) groups is 1. The molecule has 1 aliphatic heterocycles. The summed E-state index contributed by atoms with van der Waals surface area (Å²) < 4.78 is 0. The lowest BCUT2D eigenvalue weighted by Crippen LogP contribution is -2.47. The van der Waals surface area contributed by atoms with E-state index >= 15 is 0 Å². The minimum atomic E-state index is -0.0307. The number of thiazole rings is 1. The Hall–Kier alpha value is -1.34. The average molecular weight is 283 g/mol. The molecule has 2 rings (SSSR count). The largest absolute Gasteiger partial charge is 0.382 e. The van der Waals surface area contributed by atoms with E-state index in [-0.39, 0.29) is 11.9 Å². The summed E-state index contributed by atoms with van der Waals surface area (Å²) in [5.41, 5.74) is 5.81. The molecule has 1 fully saturated rings. The Morgan fingerprint density at radius 1 is 1.63 bits per heavy atom. The Labute approximate surface area is 117 Å². The topological polar surface area (TPSA) is 74.5 Å². The number of likely N-dealkylation sites (tertiary alicyclic amines) is 1. The van der Waals surface area contributed by atoms with Gasteiger partial charge in [0.25, 0.3) is 5.91 Å². The first-order chi connectivity index (χ1) is 9.02. The molecule has 1 unspecified atom stereocenters. The highest BCUT2D eigenvalue weighted by Crippen LogP contribution is 2.27. The molecule has 0 saturated carbocycles. The van der Waals surface area contributed by atoms with Crippen LogP contribution in [-0.2, 0) is 0 Å². The molecule has 19 heavy (non-hydrogen) atoms. The Bertz CT molecular complexity index is 461. The molecule has 7 heteroatoms. The summed E-state index contributed by atoms with van der Waals surface area (Å²) in [5, 5.41) is 3.59. The molecule has 1 saturated heterocycles. The molecule has 2 heterocycles. The molecule has 3 N–H and O–H groups in total. The molecule has 0 aliphatic carbocycles. The molecule has 0 radical (unpaired) electrons. The van der Waals surface area contributed by atoms with Gasteiger partial charge in [-0.3, -0.25) is 4.79 Å². The smallest absolute Gasteiger partial charge is 0.267 e. The van der Waals surface area contributed by atoms with Crippen LogP contribution < -0.4 is 11.1 Å². The lowest BCUT2D eigenvalue weighted by molar-refractivity contribution is 0.0649. The van der Waals surface area contributed by atoms with Crippen molar-refractivity contribution in [2.24, 2.45) is 0 Å². The number of hydrogen-bond acceptors (Lipinski definition) is 6. The van der Waals surface area contributed by atoms with E-state index < -0.39 is 0 Å². The van der Waals surface area contributed by atoms with Crippen LogP contribution in [0.4, 0.5) is 10.9 Å². The van der Waals surface area contributed by atoms with Crippen molar-refractivity contribution >= 4 is 28.2 Å². The number of anilines is 2. The van der Waals surface area contributed by atoms with Crippen LogP contribution in [0.25, 0.3) is 0 Å². The normalized spacial score (nSPS) is 20.3. The minimum Gasteiger partial charge on any atom is -0.382 e. The van der Waals surface area contributed by atoms with Gasteiger partial charge in [-0.25, -0.2) is 4.98 Å². The van der Waals surface area contributed by atoms with E-state index in [1.807, 2.05) is 7.05 Å². The summed E-state index contributed by atoms with van der Waals surface area (Å²) in [4.78, 5) is 21.2. The van der Waals surface area contributed by atoms with E-state index in [1.54, 1.807) is 11.9 Å². The van der Waals surface area contributed by atoms with Gasteiger partial charge in [0.05, 0.1) is 0 Å². The summed E-state index contributed by atoms with van der Waals surface area (Å²) in [7, 11) is 5.71. The predicted octanol–water partition coefficient (Wildman–Crippen LogP) is 0.933. The Kier molecular flexibility index (Phi) is 4.26. The molecule has 1 atom stereocenters. The van der Waals surface area contributed by atoms with Crippen LogP contribution in [0.1, 0.15) is 22.5 Å². The number of amides is 1. The Morgan fingerprint density at radius 3 is 2.95 bits per heavy atom. The third-order valence-corrected chi connectivity index (χ3v) is 4.61. The molecule has 0 aromatic carbocycles. The second kappa shape index (κ2) is 5.75. The van der Waals surface area contributed by atoms with Crippen molar-refractivity contribution in [2.45, 2.75) is 18.9 Å². The fraction of sp³-hybridized carbons (Fsp3) is 0.667. The van der Waals surface area contributed by atoms with Gasteiger partial charge < -0.3 is 20.9 Å². The van der Waals surface area contributed by atoms with Gasteiger partial charge in [-0.15, -0.1) is 0 Å². The van der Waals surface area contributed by atoms with E-state index in [0.29, 0.717) is 15.8 Å². The molecule has 1 aromatic rings. The first-order valence-electron chi connectivity index (χ1n) is 6.42. The minimum absolute atomic E-state index is 0.0307. The summed E-state index contributed by atoms with van der Waals surface area (Å²) in [6.07, 6.45) is 2.17. The maximum Gasteiger partial charge on any atom is 0.267 e. The molecular formula is C12H21N5OS. The van der Waals surface area contributed by atoms with Crippen LogP contribution in [-0.4, -0.2) is 61.0 Å². The average Bonchev–Trinajstić information content (AvgIpc) is 2.78. The monoisotopic (exact) mass is 283 g/mol. The zero-order chi connectivity index (χ0) is 14.0. The van der Waals surface area contributed by atoms with E-state index in [9.17, 15) is 4.79 Å². The van der Waals surface area contributed by atoms with E-state index in [2.05, 4.69) is 22.2 Å². The van der Waals surface area contributed by atoms with Crippen LogP contribution in [0.3, 0.4) is 0 Å². The van der Waals surface area contributed by atoms with Gasteiger partial charge in [0, 0.05) is 26.7 Å². The summed E-state index contributed by atoms with van der Waals surface area (Å²) in [6.45, 7) is 2.02. The molecule has 0 bridgehead atoms. The van der Waals surface area contributed by atoms with Crippen LogP contribution in [0.15, 0.2) is 0 Å². The van der Waals surface area contributed by atoms with Gasteiger partial charge in [-0.05, 0) is 26.4 Å². The summed E-state index contributed by atoms with van der Waals surface area (Å²) >= 11 is 1.31. The lowest BCUT2D eigenvalue weighted by atomic mass is 10.0. The first kappa shape index (κ1) is 14.1. The second-order valence-corrected chi connectivity index (χ2v) is 5.96. The number of carbonyl (C=O) groups excluding carboxylic acids is 1. The van der Waals surface area contributed by atoms with Crippen molar-refractivity contribution in [1.82, 2.24) is 14.8 Å². The van der Waals surface area contributed by atoms with Gasteiger partial charge in [-0.1, -0.05) is 11.3 Å². The van der Waals surface area contributed by atoms with Crippen LogP contribution >= 0.6 is 11.3 Å². The van der Waals surface area contributed by atoms with Crippen LogP contribution in [0.2, 0.25) is 0 Å². The fourth-order valence-electron chi connectivity index (χ4n) is 2.37. The number of likely N-dealkylation sites (N-methyl/N-ethyl adjacent to an activating group) is 2. The first-order valence-corrected chi connectivity index (χ1v) is 7.24. The third-order valence-electron chi connectivity index (χ3n) is 3.53. The third kappa shape index (κ3) is 2.98. The standard InChI is InChI=1S/C12H21N5OS/c1-14-12-15-10(13)9(19-12)11(18)17(3)8-5-4-6-16(2)7-8/h8H,4-7,13H2,1-3H3,(H,14,15). The highest BCUT2D eigenvalue weighted by molar-refractivity contribution is 7.18. The van der Waals surface area contributed by atoms with Gasteiger partial charge >= 0.3 is 0 Å². The zero-order valence-corrected chi connectivity index (χ0v) is 12.5. The SMILES string of the molecule is CNc1nc(N)c(C(=O)N(C)C2CCCN(C)C2)s1. The van der Waals surface area contributed by atoms with Gasteiger partial charge in [0.2, 0.25) is 0 Å². The number of nitrogen functional groups attached to an aromatic ring is 1.